The molecule has 0 bridgehead atoms. The number of carbonyl (C=O) groups is 1. The highest BCUT2D eigenvalue weighted by atomic mass is 32.2. The molecule has 0 radical (unpaired) electrons. The predicted molar refractivity (Wildman–Crippen MR) is 120 cm³/mol. The molecule has 11 heteroatoms. The van der Waals surface area contributed by atoms with Crippen LogP contribution in [-0.4, -0.2) is 25.8 Å². The van der Waals surface area contributed by atoms with E-state index in [-0.39, 0.29) is 16.1 Å². The normalized spacial score (nSPS) is 12.5. The van der Waals surface area contributed by atoms with Crippen LogP contribution in [0.25, 0.3) is 0 Å². The number of anilines is 1. The third-order valence-electron chi connectivity index (χ3n) is 4.69. The molecule has 0 saturated carbocycles. The Balaban J connectivity index is 1.95. The van der Waals surface area contributed by atoms with Crippen LogP contribution >= 0.6 is 0 Å². The van der Waals surface area contributed by atoms with Crippen LogP contribution in [0.1, 0.15) is 23.5 Å². The molecule has 3 aromatic rings. The van der Waals surface area contributed by atoms with Gasteiger partial charge < -0.3 is 10.5 Å². The van der Waals surface area contributed by atoms with E-state index in [0.29, 0.717) is 11.3 Å². The molecule has 5 N–H and O–H groups in total. The summed E-state index contributed by atoms with van der Waals surface area (Å²) < 4.78 is 56.3. The molecule has 0 amide bonds. The van der Waals surface area contributed by atoms with Crippen molar-refractivity contribution in [2.45, 2.75) is 17.2 Å². The van der Waals surface area contributed by atoms with Crippen molar-refractivity contribution >= 4 is 33.7 Å². The van der Waals surface area contributed by atoms with Gasteiger partial charge in [-0.05, 0) is 47.5 Å². The van der Waals surface area contributed by atoms with Crippen LogP contribution in [-0.2, 0) is 14.8 Å². The zero-order chi connectivity index (χ0) is 24.0. The fraction of sp³-hybridized carbons (Fsp3) is 0.0909. The average Bonchev–Trinajstić information content (AvgIpc) is 2.78. The minimum atomic E-state index is -4.03. The number of rotatable bonds is 9. The Kier molecular flexibility index (Phi) is 7.36. The van der Waals surface area contributed by atoms with E-state index in [9.17, 15) is 27.1 Å². The second-order valence-corrected chi connectivity index (χ2v) is 8.63. The van der Waals surface area contributed by atoms with Gasteiger partial charge in [0.2, 0.25) is 0 Å². The van der Waals surface area contributed by atoms with Gasteiger partial charge in [0, 0.05) is 11.6 Å². The summed E-state index contributed by atoms with van der Waals surface area (Å²) >= 11 is 0. The number of aliphatic imine (C=N–C) groups is 1. The van der Waals surface area contributed by atoms with Crippen molar-refractivity contribution in [1.29, 1.82) is 0 Å². The van der Waals surface area contributed by atoms with E-state index in [4.69, 9.17) is 5.84 Å². The van der Waals surface area contributed by atoms with E-state index in [1.807, 2.05) is 0 Å². The van der Waals surface area contributed by atoms with Crippen LogP contribution in [0.2, 0.25) is 0 Å². The van der Waals surface area contributed by atoms with Crippen molar-refractivity contribution in [2.24, 2.45) is 10.8 Å². The number of carboxylic acids is 1. The number of hydrogen-bond acceptors (Lipinski definition) is 5. The monoisotopic (exact) mass is 474 g/mol. The van der Waals surface area contributed by atoms with Crippen molar-refractivity contribution in [3.8, 4) is 0 Å². The minimum Gasteiger partial charge on any atom is -0.481 e. The Morgan fingerprint density at radius 1 is 1.09 bits per heavy atom. The van der Waals surface area contributed by atoms with Crippen molar-refractivity contribution in [3.63, 3.8) is 0 Å². The summed E-state index contributed by atoms with van der Waals surface area (Å²) in [6.07, 6.45) is 0.669. The fourth-order valence-corrected chi connectivity index (χ4v) is 4.34. The van der Waals surface area contributed by atoms with Gasteiger partial charge in [0.25, 0.3) is 10.0 Å². The number of carboxylic acid groups (broad SMARTS) is 1. The molecule has 0 heterocycles. The summed E-state index contributed by atoms with van der Waals surface area (Å²) in [4.78, 5) is 15.3. The molecule has 1 atom stereocenters. The van der Waals surface area contributed by atoms with Crippen LogP contribution in [0.3, 0.4) is 0 Å². The maximum Gasteiger partial charge on any atom is 0.304 e. The molecule has 3 rings (SSSR count). The Bertz CT molecular complexity index is 1300. The van der Waals surface area contributed by atoms with E-state index < -0.39 is 40.0 Å². The first-order valence-electron chi connectivity index (χ1n) is 9.58. The lowest BCUT2D eigenvalue weighted by atomic mass is 9.88. The third kappa shape index (κ3) is 5.90. The summed E-state index contributed by atoms with van der Waals surface area (Å²) in [5.74, 6) is 0.601. The number of benzene rings is 3. The number of hydrogen-bond donors (Lipinski definition) is 4. The first-order chi connectivity index (χ1) is 15.7. The number of nitrogens with two attached hydrogens (primary N) is 1. The number of hydrazine groups is 1. The average molecular weight is 474 g/mol. The third-order valence-corrected chi connectivity index (χ3v) is 6.07. The van der Waals surface area contributed by atoms with E-state index >= 15 is 0 Å². The topological polar surface area (TPSA) is 134 Å². The molecule has 172 valence electrons. The Morgan fingerprint density at radius 3 is 2.55 bits per heavy atom. The molecule has 33 heavy (non-hydrogen) atoms. The van der Waals surface area contributed by atoms with Gasteiger partial charge in [-0.2, -0.15) is 0 Å². The lowest BCUT2D eigenvalue weighted by Crippen LogP contribution is -2.18. The summed E-state index contributed by atoms with van der Waals surface area (Å²) in [6, 6.07) is 15.2. The quantitative estimate of drug-likeness (QED) is 0.162. The number of aliphatic carboxylic acids is 1. The van der Waals surface area contributed by atoms with E-state index in [2.05, 4.69) is 15.1 Å². The van der Waals surface area contributed by atoms with E-state index in [0.717, 1.165) is 6.07 Å². The van der Waals surface area contributed by atoms with Crippen LogP contribution in [0.15, 0.2) is 76.6 Å². The van der Waals surface area contributed by atoms with Crippen molar-refractivity contribution < 1.29 is 27.1 Å². The molecule has 0 spiro atoms. The van der Waals surface area contributed by atoms with Crippen molar-refractivity contribution in [1.82, 2.24) is 5.43 Å². The lowest BCUT2D eigenvalue weighted by molar-refractivity contribution is -0.137. The fourth-order valence-electron chi connectivity index (χ4n) is 3.25. The highest BCUT2D eigenvalue weighted by Crippen LogP contribution is 2.32. The van der Waals surface area contributed by atoms with Crippen LogP contribution in [0.4, 0.5) is 20.2 Å². The zero-order valence-corrected chi connectivity index (χ0v) is 17.9. The molecule has 0 aliphatic heterocycles. The standard InChI is InChI=1S/C22H20F2N4O4S/c23-20-9-3-8-18(22(20)24)19(12-21(29)30)14-4-1-6-16(10-14)28-33(31,32)17-7-2-5-15(11-17)26-13-27-25/h1-11,13,19,28H,12,25H2,(H,26,27)(H,29,30). The van der Waals surface area contributed by atoms with Gasteiger partial charge in [-0.25, -0.2) is 28.0 Å². The summed E-state index contributed by atoms with van der Waals surface area (Å²) in [7, 11) is -4.03. The molecule has 1 unspecified atom stereocenters. The van der Waals surface area contributed by atoms with Crippen LogP contribution in [0, 0.1) is 11.6 Å². The maximum absolute atomic E-state index is 14.4. The van der Waals surface area contributed by atoms with Gasteiger partial charge in [0.15, 0.2) is 11.6 Å². The van der Waals surface area contributed by atoms with E-state index in [1.54, 1.807) is 6.07 Å². The summed E-state index contributed by atoms with van der Waals surface area (Å²) in [5, 5.41) is 9.31. The number of sulfonamides is 1. The molecule has 0 aliphatic rings. The first-order valence-corrected chi connectivity index (χ1v) is 11.1. The van der Waals surface area contributed by atoms with Gasteiger partial charge in [-0.1, -0.05) is 30.3 Å². The SMILES string of the molecule is NNC=Nc1cccc(S(=O)(=O)Nc2cccc(C(CC(=O)O)c3cccc(F)c3F)c2)c1. The van der Waals surface area contributed by atoms with Gasteiger partial charge in [0.1, 0.15) is 6.34 Å². The molecule has 3 aromatic carbocycles. The maximum atomic E-state index is 14.4. The second kappa shape index (κ2) is 10.2. The first kappa shape index (κ1) is 23.8. The highest BCUT2D eigenvalue weighted by Gasteiger charge is 2.24. The largest absolute Gasteiger partial charge is 0.481 e. The second-order valence-electron chi connectivity index (χ2n) is 6.95. The summed E-state index contributed by atoms with van der Waals surface area (Å²) in [5.41, 5.74) is 2.84. The van der Waals surface area contributed by atoms with Gasteiger partial charge in [-0.15, -0.1) is 0 Å². The molecule has 0 aromatic heterocycles. The predicted octanol–water partition coefficient (Wildman–Crippen LogP) is 3.50. The molecular weight excluding hydrogens is 454 g/mol. The van der Waals surface area contributed by atoms with Gasteiger partial charge >= 0.3 is 5.97 Å². The van der Waals surface area contributed by atoms with Gasteiger partial charge in [0.05, 0.1) is 17.0 Å². The number of nitrogens with one attached hydrogen (secondary N) is 2. The Hall–Kier alpha value is -3.83. The molecular formula is C22H20F2N4O4S. The molecule has 8 nitrogen and oxygen atoms in total. The Morgan fingerprint density at radius 2 is 1.82 bits per heavy atom. The summed E-state index contributed by atoms with van der Waals surface area (Å²) in [6.45, 7) is 0. The number of halogens is 2. The molecule has 0 aliphatic carbocycles. The molecule has 0 saturated heterocycles. The highest BCUT2D eigenvalue weighted by molar-refractivity contribution is 7.92. The van der Waals surface area contributed by atoms with Crippen LogP contribution in [0.5, 0.6) is 0 Å². The lowest BCUT2D eigenvalue weighted by Gasteiger charge is -2.18. The number of nitrogens with zero attached hydrogens (tertiary/aromatic N) is 1. The van der Waals surface area contributed by atoms with Crippen LogP contribution < -0.4 is 16.0 Å². The van der Waals surface area contributed by atoms with Crippen molar-refractivity contribution in [2.75, 3.05) is 4.72 Å². The van der Waals surface area contributed by atoms with Crippen molar-refractivity contribution in [3.05, 3.63) is 89.5 Å². The van der Waals surface area contributed by atoms with E-state index in [1.165, 1.54) is 60.9 Å². The Labute approximate surface area is 188 Å². The molecule has 0 fully saturated rings. The van der Waals surface area contributed by atoms with Gasteiger partial charge in [-0.3, -0.25) is 9.52 Å². The smallest absolute Gasteiger partial charge is 0.304 e. The minimum absolute atomic E-state index is 0.0714. The zero-order valence-electron chi connectivity index (χ0n) is 17.1.